The summed E-state index contributed by atoms with van der Waals surface area (Å²) in [5.41, 5.74) is 1.72. The lowest BCUT2D eigenvalue weighted by atomic mass is 10.1. The van der Waals surface area contributed by atoms with Crippen molar-refractivity contribution in [2.75, 3.05) is 11.9 Å². The second kappa shape index (κ2) is 10.1. The van der Waals surface area contributed by atoms with E-state index in [9.17, 15) is 14.0 Å². The molecule has 0 fully saturated rings. The van der Waals surface area contributed by atoms with Gasteiger partial charge in [0.15, 0.2) is 0 Å². The van der Waals surface area contributed by atoms with Crippen molar-refractivity contribution in [3.63, 3.8) is 0 Å². The molecular formula is C23H16Cl2FN3O2. The summed E-state index contributed by atoms with van der Waals surface area (Å²) in [6.07, 6.45) is 0. The van der Waals surface area contributed by atoms with Gasteiger partial charge in [-0.25, -0.2) is 4.39 Å². The molecule has 1 N–H and O–H groups in total. The Bertz CT molecular complexity index is 1160. The van der Waals surface area contributed by atoms with E-state index in [0.717, 1.165) is 6.07 Å². The van der Waals surface area contributed by atoms with Crippen LogP contribution < -0.4 is 5.32 Å². The molecule has 0 bridgehead atoms. The molecule has 156 valence electrons. The number of halogens is 3. The molecule has 2 amide bonds. The second-order valence-corrected chi connectivity index (χ2v) is 7.43. The van der Waals surface area contributed by atoms with Crippen LogP contribution in [0.1, 0.15) is 21.5 Å². The van der Waals surface area contributed by atoms with Gasteiger partial charge in [-0.2, -0.15) is 5.26 Å². The fourth-order valence-electron chi connectivity index (χ4n) is 2.85. The summed E-state index contributed by atoms with van der Waals surface area (Å²) in [6, 6.07) is 18.9. The monoisotopic (exact) mass is 455 g/mol. The van der Waals surface area contributed by atoms with E-state index >= 15 is 0 Å². The number of nitriles is 1. The van der Waals surface area contributed by atoms with Gasteiger partial charge in [0.1, 0.15) is 12.4 Å². The van der Waals surface area contributed by atoms with E-state index in [4.69, 9.17) is 28.5 Å². The Morgan fingerprint density at radius 3 is 2.35 bits per heavy atom. The first-order valence-electron chi connectivity index (χ1n) is 9.15. The van der Waals surface area contributed by atoms with Gasteiger partial charge < -0.3 is 10.2 Å². The first-order chi connectivity index (χ1) is 14.9. The van der Waals surface area contributed by atoms with E-state index in [2.05, 4.69) is 5.32 Å². The molecule has 3 aromatic rings. The van der Waals surface area contributed by atoms with Crippen molar-refractivity contribution in [2.24, 2.45) is 0 Å². The molecule has 3 aromatic carbocycles. The highest BCUT2D eigenvalue weighted by Gasteiger charge is 2.20. The predicted molar refractivity (Wildman–Crippen MR) is 117 cm³/mol. The molecule has 0 aliphatic carbocycles. The Morgan fingerprint density at radius 1 is 1.00 bits per heavy atom. The van der Waals surface area contributed by atoms with E-state index in [-0.39, 0.29) is 18.1 Å². The lowest BCUT2D eigenvalue weighted by molar-refractivity contribution is -0.117. The second-order valence-electron chi connectivity index (χ2n) is 6.62. The van der Waals surface area contributed by atoms with Crippen LogP contribution in [0.25, 0.3) is 0 Å². The third kappa shape index (κ3) is 5.82. The number of hydrogen-bond acceptors (Lipinski definition) is 3. The molecule has 0 atom stereocenters. The molecule has 0 aliphatic rings. The van der Waals surface area contributed by atoms with E-state index in [1.807, 2.05) is 6.07 Å². The zero-order valence-corrected chi connectivity index (χ0v) is 17.6. The van der Waals surface area contributed by atoms with Crippen molar-refractivity contribution < 1.29 is 14.0 Å². The van der Waals surface area contributed by atoms with Gasteiger partial charge in [-0.3, -0.25) is 9.59 Å². The number of nitrogens with one attached hydrogen (secondary N) is 1. The molecule has 0 unspecified atom stereocenters. The van der Waals surface area contributed by atoms with Gasteiger partial charge in [-0.15, -0.1) is 0 Å². The number of nitrogens with zero attached hydrogens (tertiary/aromatic N) is 2. The van der Waals surface area contributed by atoms with Crippen LogP contribution >= 0.6 is 23.2 Å². The van der Waals surface area contributed by atoms with Crippen molar-refractivity contribution in [1.29, 1.82) is 5.26 Å². The van der Waals surface area contributed by atoms with Gasteiger partial charge in [0.05, 0.1) is 16.7 Å². The predicted octanol–water partition coefficient (Wildman–Crippen LogP) is 5.29. The fraction of sp³-hybridized carbons (Fsp3) is 0.0870. The van der Waals surface area contributed by atoms with Crippen LogP contribution in [0.5, 0.6) is 0 Å². The average Bonchev–Trinajstić information content (AvgIpc) is 2.77. The summed E-state index contributed by atoms with van der Waals surface area (Å²) in [5, 5.41) is 11.9. The minimum Gasteiger partial charge on any atom is -0.325 e. The molecule has 5 nitrogen and oxygen atoms in total. The molecule has 0 aromatic heterocycles. The minimum absolute atomic E-state index is 0.0934. The highest BCUT2D eigenvalue weighted by molar-refractivity contribution is 6.31. The van der Waals surface area contributed by atoms with E-state index < -0.39 is 17.6 Å². The summed E-state index contributed by atoms with van der Waals surface area (Å²) in [4.78, 5) is 27.0. The van der Waals surface area contributed by atoms with Crippen molar-refractivity contribution in [2.45, 2.75) is 6.54 Å². The Morgan fingerprint density at radius 2 is 1.71 bits per heavy atom. The van der Waals surface area contributed by atoms with Crippen molar-refractivity contribution >= 4 is 40.7 Å². The van der Waals surface area contributed by atoms with E-state index in [1.165, 1.54) is 41.3 Å². The molecule has 0 spiro atoms. The van der Waals surface area contributed by atoms with Gasteiger partial charge in [-0.05, 0) is 54.1 Å². The number of benzene rings is 3. The van der Waals surface area contributed by atoms with Crippen LogP contribution in [-0.2, 0) is 11.3 Å². The van der Waals surface area contributed by atoms with Gasteiger partial charge in [0.2, 0.25) is 5.91 Å². The Balaban J connectivity index is 1.82. The summed E-state index contributed by atoms with van der Waals surface area (Å²) in [5.74, 6) is -1.50. The summed E-state index contributed by atoms with van der Waals surface area (Å²) < 4.78 is 13.3. The molecule has 3 rings (SSSR count). The lowest BCUT2D eigenvalue weighted by Gasteiger charge is -2.23. The van der Waals surface area contributed by atoms with Gasteiger partial charge in [0.25, 0.3) is 5.91 Å². The van der Waals surface area contributed by atoms with Crippen LogP contribution in [0.3, 0.4) is 0 Å². The third-order valence-electron chi connectivity index (χ3n) is 4.41. The summed E-state index contributed by atoms with van der Waals surface area (Å²) in [6.45, 7) is -0.185. The Labute approximate surface area is 188 Å². The quantitative estimate of drug-likeness (QED) is 0.548. The minimum atomic E-state index is -0.601. The van der Waals surface area contributed by atoms with Crippen molar-refractivity contribution in [3.05, 3.63) is 99.3 Å². The molecule has 0 heterocycles. The number of carbonyl (C=O) groups excluding carboxylic acids is 2. The van der Waals surface area contributed by atoms with Crippen LogP contribution in [-0.4, -0.2) is 23.3 Å². The van der Waals surface area contributed by atoms with Gasteiger partial charge in [-0.1, -0.05) is 41.4 Å². The van der Waals surface area contributed by atoms with Crippen LogP contribution in [0.4, 0.5) is 10.1 Å². The molecular weight excluding hydrogens is 440 g/mol. The molecule has 0 aliphatic heterocycles. The topological polar surface area (TPSA) is 73.2 Å². The highest BCUT2D eigenvalue weighted by atomic mass is 35.5. The lowest BCUT2D eigenvalue weighted by Crippen LogP contribution is -2.37. The third-order valence-corrected chi connectivity index (χ3v) is 5.06. The zero-order chi connectivity index (χ0) is 22.4. The normalized spacial score (nSPS) is 10.3. The number of anilines is 1. The van der Waals surface area contributed by atoms with E-state index in [0.29, 0.717) is 27.4 Å². The maximum Gasteiger partial charge on any atom is 0.254 e. The van der Waals surface area contributed by atoms with E-state index in [1.54, 1.807) is 24.3 Å². The van der Waals surface area contributed by atoms with Gasteiger partial charge >= 0.3 is 0 Å². The SMILES string of the molecule is N#Cc1ccc(C(=O)N(CC(=O)Nc2ccc(F)c(Cl)c2)Cc2ccccc2Cl)cc1. The average molecular weight is 456 g/mol. The molecule has 0 saturated carbocycles. The Hall–Kier alpha value is -3.40. The first kappa shape index (κ1) is 22.3. The molecule has 0 saturated heterocycles. The number of hydrogen-bond donors (Lipinski definition) is 1. The highest BCUT2D eigenvalue weighted by Crippen LogP contribution is 2.21. The number of amides is 2. The van der Waals surface area contributed by atoms with Crippen molar-refractivity contribution in [3.8, 4) is 6.07 Å². The Kier molecular flexibility index (Phi) is 7.24. The fourth-order valence-corrected chi connectivity index (χ4v) is 3.23. The maximum absolute atomic E-state index is 13.3. The molecule has 31 heavy (non-hydrogen) atoms. The first-order valence-corrected chi connectivity index (χ1v) is 9.90. The van der Waals surface area contributed by atoms with Crippen molar-refractivity contribution in [1.82, 2.24) is 4.90 Å². The molecule has 8 heteroatoms. The van der Waals surface area contributed by atoms with Crippen LogP contribution in [0.15, 0.2) is 66.7 Å². The van der Waals surface area contributed by atoms with Gasteiger partial charge in [0, 0.05) is 22.8 Å². The number of rotatable bonds is 6. The number of carbonyl (C=O) groups is 2. The smallest absolute Gasteiger partial charge is 0.254 e. The van der Waals surface area contributed by atoms with Crippen LogP contribution in [0, 0.1) is 17.1 Å². The summed E-state index contributed by atoms with van der Waals surface area (Å²) in [7, 11) is 0. The summed E-state index contributed by atoms with van der Waals surface area (Å²) >= 11 is 12.0. The zero-order valence-electron chi connectivity index (χ0n) is 16.1. The van der Waals surface area contributed by atoms with Crippen LogP contribution in [0.2, 0.25) is 10.0 Å². The maximum atomic E-state index is 13.3. The standard InChI is InChI=1S/C23H16Cl2FN3O2/c24-19-4-2-1-3-17(19)13-29(23(31)16-7-5-15(12-27)6-8-16)14-22(30)28-18-9-10-21(26)20(25)11-18/h1-11H,13-14H2,(H,28,30). The largest absolute Gasteiger partial charge is 0.325 e. The molecule has 0 radical (unpaired) electrons.